The van der Waals surface area contributed by atoms with Gasteiger partial charge in [-0.05, 0) is 37.1 Å². The summed E-state index contributed by atoms with van der Waals surface area (Å²) in [4.78, 5) is 0. The molecule has 1 aliphatic carbocycles. The van der Waals surface area contributed by atoms with Gasteiger partial charge < -0.3 is 5.11 Å². The van der Waals surface area contributed by atoms with Gasteiger partial charge in [0.05, 0.1) is 23.0 Å². The third kappa shape index (κ3) is 3.85. The Bertz CT molecular complexity index is 867. The van der Waals surface area contributed by atoms with Crippen LogP contribution in [0.1, 0.15) is 31.2 Å². The zero-order chi connectivity index (χ0) is 18.9. The maximum Gasteiger partial charge on any atom is 0.416 e. The lowest BCUT2D eigenvalue weighted by Gasteiger charge is -2.28. The van der Waals surface area contributed by atoms with E-state index in [4.69, 9.17) is 0 Å². The molecule has 1 aliphatic rings. The van der Waals surface area contributed by atoms with Crippen LogP contribution in [0, 0.1) is 0 Å². The van der Waals surface area contributed by atoms with Crippen molar-refractivity contribution in [2.75, 3.05) is 4.72 Å². The molecule has 2 atom stereocenters. The zero-order valence-electron chi connectivity index (χ0n) is 13.6. The molecule has 0 aliphatic heterocycles. The highest BCUT2D eigenvalue weighted by Crippen LogP contribution is 2.34. The van der Waals surface area contributed by atoms with Crippen molar-refractivity contribution in [1.82, 2.24) is 9.78 Å². The van der Waals surface area contributed by atoms with E-state index in [9.17, 15) is 26.7 Å². The fraction of sp³-hybridized carbons (Fsp3) is 0.438. The second-order valence-corrected chi connectivity index (χ2v) is 8.12. The molecule has 0 radical (unpaired) electrons. The van der Waals surface area contributed by atoms with E-state index in [-0.39, 0.29) is 17.8 Å². The molecule has 3 rings (SSSR count). The van der Waals surface area contributed by atoms with E-state index in [1.807, 2.05) is 0 Å². The summed E-state index contributed by atoms with van der Waals surface area (Å²) < 4.78 is 68.0. The predicted molar refractivity (Wildman–Crippen MR) is 89.4 cm³/mol. The first-order chi connectivity index (χ1) is 12.2. The van der Waals surface area contributed by atoms with Crippen molar-refractivity contribution >= 4 is 15.7 Å². The third-order valence-corrected chi connectivity index (χ3v) is 6.25. The molecule has 1 heterocycles. The SMILES string of the molecule is O=S(=O)(Nc1cc(C(F)(F)F)ccc1-n1cccn1)C1CCCCC1O. The number of aliphatic hydroxyl groups is 1. The highest BCUT2D eigenvalue weighted by molar-refractivity contribution is 7.93. The molecule has 1 aromatic carbocycles. The van der Waals surface area contributed by atoms with Gasteiger partial charge in [0.25, 0.3) is 0 Å². The Morgan fingerprint density at radius 2 is 1.96 bits per heavy atom. The van der Waals surface area contributed by atoms with Crippen molar-refractivity contribution in [3.63, 3.8) is 0 Å². The molecule has 2 unspecified atom stereocenters. The van der Waals surface area contributed by atoms with Gasteiger partial charge in [-0.25, -0.2) is 13.1 Å². The Hall–Kier alpha value is -2.07. The number of aromatic nitrogens is 2. The zero-order valence-corrected chi connectivity index (χ0v) is 14.5. The highest BCUT2D eigenvalue weighted by Gasteiger charge is 2.36. The minimum absolute atomic E-state index is 0.164. The standard InChI is InChI=1S/C16H18F3N3O3S/c17-16(18,19)11-6-7-13(22-9-3-8-20-22)12(10-11)21-26(24,25)15-5-2-1-4-14(15)23/h3,6-10,14-15,21,23H,1-2,4-5H2. The van der Waals surface area contributed by atoms with Crippen LogP contribution in [0.25, 0.3) is 5.69 Å². The van der Waals surface area contributed by atoms with Gasteiger partial charge in [-0.1, -0.05) is 12.8 Å². The summed E-state index contributed by atoms with van der Waals surface area (Å²) in [7, 11) is -4.07. The third-order valence-electron chi connectivity index (χ3n) is 4.39. The van der Waals surface area contributed by atoms with Gasteiger partial charge in [-0.3, -0.25) is 4.72 Å². The fourth-order valence-electron chi connectivity index (χ4n) is 3.07. The first-order valence-corrected chi connectivity index (χ1v) is 9.64. The van der Waals surface area contributed by atoms with Crippen LogP contribution in [0.3, 0.4) is 0 Å². The van der Waals surface area contributed by atoms with Crippen molar-refractivity contribution in [1.29, 1.82) is 0 Å². The molecular weight excluding hydrogens is 371 g/mol. The van der Waals surface area contributed by atoms with Crippen molar-refractivity contribution < 1.29 is 26.7 Å². The van der Waals surface area contributed by atoms with Crippen LogP contribution in [-0.2, 0) is 16.2 Å². The summed E-state index contributed by atoms with van der Waals surface area (Å²) >= 11 is 0. The molecule has 0 bridgehead atoms. The number of sulfonamides is 1. The largest absolute Gasteiger partial charge is 0.416 e. The van der Waals surface area contributed by atoms with Crippen molar-refractivity contribution in [3.8, 4) is 5.69 Å². The van der Waals surface area contributed by atoms with Gasteiger partial charge in [0.1, 0.15) is 5.25 Å². The Labute approximate surface area is 148 Å². The molecule has 6 nitrogen and oxygen atoms in total. The number of halogens is 3. The number of hydrogen-bond acceptors (Lipinski definition) is 4. The normalized spacial score (nSPS) is 21.5. The lowest BCUT2D eigenvalue weighted by Crippen LogP contribution is -2.40. The minimum Gasteiger partial charge on any atom is -0.392 e. The first kappa shape index (κ1) is 18.7. The average Bonchev–Trinajstić information content (AvgIpc) is 3.08. The Kier molecular flexibility index (Phi) is 4.98. The summed E-state index contributed by atoms with van der Waals surface area (Å²) in [6.45, 7) is 0. The summed E-state index contributed by atoms with van der Waals surface area (Å²) in [6, 6.07) is 4.33. The Morgan fingerprint density at radius 1 is 1.23 bits per heavy atom. The highest BCUT2D eigenvalue weighted by atomic mass is 32.2. The van der Waals surface area contributed by atoms with E-state index >= 15 is 0 Å². The number of hydrogen-bond donors (Lipinski definition) is 2. The van der Waals surface area contributed by atoms with Gasteiger partial charge in [-0.15, -0.1) is 0 Å². The summed E-state index contributed by atoms with van der Waals surface area (Å²) in [6.07, 6.45) is -0.774. The molecular formula is C16H18F3N3O3S. The fourth-order valence-corrected chi connectivity index (χ4v) is 4.72. The summed E-state index contributed by atoms with van der Waals surface area (Å²) in [5.74, 6) is 0. The number of alkyl halides is 3. The van der Waals surface area contributed by atoms with Crippen LogP contribution in [0.5, 0.6) is 0 Å². The van der Waals surface area contributed by atoms with Gasteiger partial charge in [-0.2, -0.15) is 18.3 Å². The van der Waals surface area contributed by atoms with Gasteiger partial charge in [0, 0.05) is 12.4 Å². The number of nitrogens with zero attached hydrogens (tertiary/aromatic N) is 2. The molecule has 0 spiro atoms. The molecule has 1 saturated carbocycles. The summed E-state index contributed by atoms with van der Waals surface area (Å²) in [5.41, 5.74) is -1.05. The Balaban J connectivity index is 2.01. The van der Waals surface area contributed by atoms with Gasteiger partial charge in [0.15, 0.2) is 0 Å². The molecule has 2 N–H and O–H groups in total. The van der Waals surface area contributed by atoms with E-state index < -0.39 is 33.1 Å². The van der Waals surface area contributed by atoms with Crippen molar-refractivity contribution in [2.45, 2.75) is 43.2 Å². The number of benzene rings is 1. The minimum atomic E-state index is -4.62. The topological polar surface area (TPSA) is 84.2 Å². The molecule has 1 aromatic heterocycles. The van der Waals surface area contributed by atoms with E-state index in [2.05, 4.69) is 9.82 Å². The molecule has 0 amide bonds. The van der Waals surface area contributed by atoms with Crippen molar-refractivity contribution in [2.24, 2.45) is 0 Å². The van der Waals surface area contributed by atoms with Crippen molar-refractivity contribution in [3.05, 3.63) is 42.2 Å². The monoisotopic (exact) mass is 389 g/mol. The van der Waals surface area contributed by atoms with Crippen LogP contribution in [0.4, 0.5) is 18.9 Å². The van der Waals surface area contributed by atoms with E-state index in [1.54, 1.807) is 6.07 Å². The van der Waals surface area contributed by atoms with Gasteiger partial charge in [0.2, 0.25) is 10.0 Å². The number of aliphatic hydroxyl groups excluding tert-OH is 1. The lowest BCUT2D eigenvalue weighted by molar-refractivity contribution is -0.137. The number of anilines is 1. The second-order valence-electron chi connectivity index (χ2n) is 6.22. The van der Waals surface area contributed by atoms with E-state index in [0.717, 1.165) is 24.6 Å². The van der Waals surface area contributed by atoms with E-state index in [0.29, 0.717) is 12.8 Å². The molecule has 142 valence electrons. The predicted octanol–water partition coefficient (Wildman–Crippen LogP) is 2.94. The first-order valence-electron chi connectivity index (χ1n) is 8.09. The lowest BCUT2D eigenvalue weighted by atomic mass is 9.97. The van der Waals surface area contributed by atoms with Crippen LogP contribution in [0.15, 0.2) is 36.7 Å². The van der Waals surface area contributed by atoms with E-state index in [1.165, 1.54) is 17.1 Å². The van der Waals surface area contributed by atoms with Crippen LogP contribution in [0.2, 0.25) is 0 Å². The smallest absolute Gasteiger partial charge is 0.392 e. The number of nitrogens with one attached hydrogen (secondary N) is 1. The maximum absolute atomic E-state index is 13.1. The second kappa shape index (κ2) is 6.92. The summed E-state index contributed by atoms with van der Waals surface area (Å²) in [5, 5.41) is 12.9. The van der Waals surface area contributed by atoms with Gasteiger partial charge >= 0.3 is 6.18 Å². The molecule has 2 aromatic rings. The number of rotatable bonds is 4. The molecule has 10 heteroatoms. The maximum atomic E-state index is 13.1. The molecule has 26 heavy (non-hydrogen) atoms. The Morgan fingerprint density at radius 3 is 2.58 bits per heavy atom. The average molecular weight is 389 g/mol. The quantitative estimate of drug-likeness (QED) is 0.842. The molecule has 1 fully saturated rings. The molecule has 0 saturated heterocycles. The van der Waals surface area contributed by atoms with Crippen LogP contribution in [-0.4, -0.2) is 34.7 Å². The van der Waals surface area contributed by atoms with Crippen LogP contribution < -0.4 is 4.72 Å². The van der Waals surface area contributed by atoms with Crippen LogP contribution >= 0.6 is 0 Å².